The van der Waals surface area contributed by atoms with E-state index in [9.17, 15) is 0 Å². The first kappa shape index (κ1) is 10.3. The number of rotatable bonds is 3. The van der Waals surface area contributed by atoms with E-state index in [1.165, 1.54) is 11.1 Å². The monoisotopic (exact) mass is 177 g/mol. The number of nitrogens with one attached hydrogen (secondary N) is 1. The number of benzene rings is 1. The van der Waals surface area contributed by atoms with E-state index in [0.29, 0.717) is 12.1 Å². The average molecular weight is 177 g/mol. The van der Waals surface area contributed by atoms with E-state index in [4.69, 9.17) is 0 Å². The van der Waals surface area contributed by atoms with Crippen LogP contribution in [-0.4, -0.2) is 6.04 Å². The quantitative estimate of drug-likeness (QED) is 0.748. The Bertz CT molecular complexity index is 266. The lowest BCUT2D eigenvalue weighted by Gasteiger charge is -2.17. The third-order valence-electron chi connectivity index (χ3n) is 2.13. The van der Waals surface area contributed by atoms with Crippen LogP contribution in [0.1, 0.15) is 37.9 Å². The predicted octanol–water partition coefficient (Wildman–Crippen LogP) is 3.05. The Morgan fingerprint density at radius 2 is 1.85 bits per heavy atom. The molecule has 1 atom stereocenters. The summed E-state index contributed by atoms with van der Waals surface area (Å²) in [4.78, 5) is 0. The summed E-state index contributed by atoms with van der Waals surface area (Å²) in [5, 5.41) is 3.49. The number of hydrogen-bond donors (Lipinski definition) is 1. The van der Waals surface area contributed by atoms with Crippen molar-refractivity contribution in [1.29, 1.82) is 0 Å². The van der Waals surface area contributed by atoms with Crippen molar-refractivity contribution < 1.29 is 0 Å². The van der Waals surface area contributed by atoms with Gasteiger partial charge in [0.05, 0.1) is 0 Å². The standard InChI is InChI=1S/C12H19N/c1-9(2)13-11(4)12-7-5-6-10(3)8-12/h5-9,11,13H,1-4H3/t11-/m0/s1. The van der Waals surface area contributed by atoms with Crippen LogP contribution in [0, 0.1) is 6.92 Å². The lowest BCUT2D eigenvalue weighted by molar-refractivity contribution is 0.506. The van der Waals surface area contributed by atoms with Crippen molar-refractivity contribution in [2.45, 2.75) is 39.8 Å². The molecular formula is C12H19N. The molecule has 0 spiro atoms. The van der Waals surface area contributed by atoms with Crippen LogP contribution in [0.15, 0.2) is 24.3 Å². The summed E-state index contributed by atoms with van der Waals surface area (Å²) in [6.07, 6.45) is 0. The smallest absolute Gasteiger partial charge is 0.0294 e. The molecule has 0 bridgehead atoms. The average Bonchev–Trinajstić information content (AvgIpc) is 2.03. The summed E-state index contributed by atoms with van der Waals surface area (Å²) >= 11 is 0. The van der Waals surface area contributed by atoms with Crippen LogP contribution < -0.4 is 5.32 Å². The summed E-state index contributed by atoms with van der Waals surface area (Å²) < 4.78 is 0. The van der Waals surface area contributed by atoms with E-state index >= 15 is 0 Å². The van der Waals surface area contributed by atoms with Gasteiger partial charge in [-0.15, -0.1) is 0 Å². The van der Waals surface area contributed by atoms with Crippen LogP contribution in [0.4, 0.5) is 0 Å². The summed E-state index contributed by atoms with van der Waals surface area (Å²) in [7, 11) is 0. The molecule has 0 saturated heterocycles. The van der Waals surface area contributed by atoms with Gasteiger partial charge in [-0.1, -0.05) is 43.7 Å². The van der Waals surface area contributed by atoms with Crippen molar-refractivity contribution in [3.63, 3.8) is 0 Å². The van der Waals surface area contributed by atoms with Crippen LogP contribution in [0.3, 0.4) is 0 Å². The van der Waals surface area contributed by atoms with Gasteiger partial charge in [-0.05, 0) is 19.4 Å². The first-order valence-electron chi connectivity index (χ1n) is 4.92. The van der Waals surface area contributed by atoms with Crippen LogP contribution >= 0.6 is 0 Å². The van der Waals surface area contributed by atoms with Crippen LogP contribution in [-0.2, 0) is 0 Å². The van der Waals surface area contributed by atoms with Gasteiger partial charge in [-0.2, -0.15) is 0 Å². The Morgan fingerprint density at radius 1 is 1.15 bits per heavy atom. The molecule has 0 aromatic heterocycles. The van der Waals surface area contributed by atoms with E-state index in [2.05, 4.69) is 57.3 Å². The summed E-state index contributed by atoms with van der Waals surface area (Å²) in [6.45, 7) is 8.68. The third kappa shape index (κ3) is 3.19. The Balaban J connectivity index is 2.71. The molecule has 72 valence electrons. The molecule has 0 unspecified atom stereocenters. The van der Waals surface area contributed by atoms with Crippen molar-refractivity contribution in [3.8, 4) is 0 Å². The molecule has 0 aliphatic heterocycles. The maximum atomic E-state index is 3.49. The summed E-state index contributed by atoms with van der Waals surface area (Å²) in [5.74, 6) is 0. The molecule has 0 saturated carbocycles. The fourth-order valence-corrected chi connectivity index (χ4v) is 1.54. The minimum atomic E-state index is 0.444. The fourth-order valence-electron chi connectivity index (χ4n) is 1.54. The summed E-state index contributed by atoms with van der Waals surface area (Å²) in [5.41, 5.74) is 2.70. The van der Waals surface area contributed by atoms with Gasteiger partial charge in [0.25, 0.3) is 0 Å². The lowest BCUT2D eigenvalue weighted by Crippen LogP contribution is -2.25. The largest absolute Gasteiger partial charge is 0.308 e. The molecular weight excluding hydrogens is 158 g/mol. The Morgan fingerprint density at radius 3 is 2.38 bits per heavy atom. The van der Waals surface area contributed by atoms with E-state index in [0.717, 1.165) is 0 Å². The molecule has 1 N–H and O–H groups in total. The molecule has 0 fully saturated rings. The first-order chi connectivity index (χ1) is 6.09. The van der Waals surface area contributed by atoms with E-state index in [1.54, 1.807) is 0 Å². The number of hydrogen-bond acceptors (Lipinski definition) is 1. The molecule has 1 rings (SSSR count). The van der Waals surface area contributed by atoms with Gasteiger partial charge < -0.3 is 5.32 Å². The second-order valence-electron chi connectivity index (χ2n) is 3.96. The predicted molar refractivity (Wildman–Crippen MR) is 57.9 cm³/mol. The van der Waals surface area contributed by atoms with Crippen molar-refractivity contribution in [2.75, 3.05) is 0 Å². The third-order valence-corrected chi connectivity index (χ3v) is 2.13. The minimum Gasteiger partial charge on any atom is -0.308 e. The zero-order valence-corrected chi connectivity index (χ0v) is 8.96. The molecule has 1 nitrogen and oxygen atoms in total. The Kier molecular flexibility index (Phi) is 3.49. The van der Waals surface area contributed by atoms with Crippen LogP contribution in [0.2, 0.25) is 0 Å². The molecule has 0 aliphatic rings. The minimum absolute atomic E-state index is 0.444. The molecule has 0 aliphatic carbocycles. The van der Waals surface area contributed by atoms with E-state index in [1.807, 2.05) is 0 Å². The topological polar surface area (TPSA) is 12.0 Å². The first-order valence-corrected chi connectivity index (χ1v) is 4.92. The number of aryl methyl sites for hydroxylation is 1. The molecule has 0 radical (unpaired) electrons. The van der Waals surface area contributed by atoms with Crippen molar-refractivity contribution in [3.05, 3.63) is 35.4 Å². The highest BCUT2D eigenvalue weighted by molar-refractivity contribution is 5.24. The van der Waals surface area contributed by atoms with Crippen molar-refractivity contribution >= 4 is 0 Å². The second kappa shape index (κ2) is 4.43. The molecule has 1 aromatic carbocycles. The normalized spacial score (nSPS) is 13.3. The van der Waals surface area contributed by atoms with Gasteiger partial charge >= 0.3 is 0 Å². The molecule has 13 heavy (non-hydrogen) atoms. The molecule has 1 heteroatoms. The SMILES string of the molecule is Cc1cccc([C@H](C)NC(C)C)c1. The maximum Gasteiger partial charge on any atom is 0.0294 e. The zero-order valence-electron chi connectivity index (χ0n) is 8.96. The maximum absolute atomic E-state index is 3.49. The van der Waals surface area contributed by atoms with Gasteiger partial charge in [0.1, 0.15) is 0 Å². The highest BCUT2D eigenvalue weighted by atomic mass is 14.9. The van der Waals surface area contributed by atoms with Crippen LogP contribution in [0.25, 0.3) is 0 Å². The van der Waals surface area contributed by atoms with E-state index < -0.39 is 0 Å². The van der Waals surface area contributed by atoms with E-state index in [-0.39, 0.29) is 0 Å². The Labute approximate surface area is 81.2 Å². The van der Waals surface area contributed by atoms with Gasteiger partial charge in [-0.25, -0.2) is 0 Å². The summed E-state index contributed by atoms with van der Waals surface area (Å²) in [6, 6.07) is 9.64. The van der Waals surface area contributed by atoms with Gasteiger partial charge in [-0.3, -0.25) is 0 Å². The van der Waals surface area contributed by atoms with Crippen molar-refractivity contribution in [2.24, 2.45) is 0 Å². The highest BCUT2D eigenvalue weighted by Crippen LogP contribution is 2.13. The van der Waals surface area contributed by atoms with Crippen LogP contribution in [0.5, 0.6) is 0 Å². The molecule has 0 amide bonds. The molecule has 1 aromatic rings. The second-order valence-corrected chi connectivity index (χ2v) is 3.96. The Hall–Kier alpha value is -0.820. The lowest BCUT2D eigenvalue weighted by atomic mass is 10.1. The highest BCUT2D eigenvalue weighted by Gasteiger charge is 2.05. The van der Waals surface area contributed by atoms with Gasteiger partial charge in [0.2, 0.25) is 0 Å². The zero-order chi connectivity index (χ0) is 9.84. The van der Waals surface area contributed by atoms with Crippen molar-refractivity contribution in [1.82, 2.24) is 5.32 Å². The molecule has 0 heterocycles. The van der Waals surface area contributed by atoms with Gasteiger partial charge in [0, 0.05) is 12.1 Å². The van der Waals surface area contributed by atoms with Gasteiger partial charge in [0.15, 0.2) is 0 Å². The fraction of sp³-hybridized carbons (Fsp3) is 0.500.